The minimum atomic E-state index is 0.837. The molecule has 0 atom stereocenters. The van der Waals surface area contributed by atoms with E-state index in [9.17, 15) is 0 Å². The number of nitrogens with one attached hydrogen (secondary N) is 1. The molecule has 15 heavy (non-hydrogen) atoms. The molecule has 0 spiro atoms. The Labute approximate surface area is 88.6 Å². The summed E-state index contributed by atoms with van der Waals surface area (Å²) in [4.78, 5) is 0. The number of rotatable bonds is 0. The van der Waals surface area contributed by atoms with Gasteiger partial charge >= 0.3 is 0 Å². The van der Waals surface area contributed by atoms with E-state index in [4.69, 9.17) is 4.74 Å². The van der Waals surface area contributed by atoms with Crippen molar-refractivity contribution in [2.24, 2.45) is 0 Å². The van der Waals surface area contributed by atoms with Gasteiger partial charge in [-0.2, -0.15) is 0 Å². The fourth-order valence-electron chi connectivity index (χ4n) is 1.75. The summed E-state index contributed by atoms with van der Waals surface area (Å²) in [5.74, 6) is 1.89. The fraction of sp³-hybridized carbons (Fsp3) is 0.0769. The maximum atomic E-state index is 5.83. The molecule has 1 N–H and O–H groups in total. The zero-order valence-electron chi connectivity index (χ0n) is 8.23. The van der Waals surface area contributed by atoms with Crippen LogP contribution >= 0.6 is 0 Å². The first-order chi connectivity index (χ1) is 7.43. The van der Waals surface area contributed by atoms with Crippen molar-refractivity contribution in [2.75, 3.05) is 5.32 Å². The number of para-hydroxylation sites is 2. The van der Waals surface area contributed by atoms with Crippen molar-refractivity contribution in [3.8, 4) is 5.75 Å². The average Bonchev–Trinajstić information content (AvgIpc) is 2.50. The van der Waals surface area contributed by atoms with Gasteiger partial charge in [0.05, 0.1) is 11.4 Å². The Kier molecular flexibility index (Phi) is 1.85. The fourth-order valence-corrected chi connectivity index (χ4v) is 1.75. The third-order valence-corrected chi connectivity index (χ3v) is 2.50. The average molecular weight is 197 g/mol. The van der Waals surface area contributed by atoms with E-state index in [2.05, 4.69) is 11.4 Å². The van der Waals surface area contributed by atoms with E-state index in [0.29, 0.717) is 0 Å². The van der Waals surface area contributed by atoms with Gasteiger partial charge in [-0.3, -0.25) is 0 Å². The lowest BCUT2D eigenvalue weighted by Gasteiger charge is -2.22. The second-order valence-corrected chi connectivity index (χ2v) is 3.55. The zero-order valence-corrected chi connectivity index (χ0v) is 8.23. The summed E-state index contributed by atoms with van der Waals surface area (Å²) < 4.78 is 5.83. The smallest absolute Gasteiger partial charge is 0.150 e. The number of hydrogen-bond donors (Lipinski definition) is 1. The molecule has 0 radical (unpaired) electrons. The van der Waals surface area contributed by atoms with Crippen molar-refractivity contribution < 1.29 is 4.74 Å². The number of ether oxygens (including phenoxy) is 1. The number of allylic oxidation sites excluding steroid dienone is 4. The molecule has 0 aromatic heterocycles. The molecule has 3 rings (SSSR count). The predicted octanol–water partition coefficient (Wildman–Crippen LogP) is 3.22. The molecular weight excluding hydrogens is 186 g/mol. The number of fused-ring (bicyclic) bond motifs is 1. The first-order valence-corrected chi connectivity index (χ1v) is 5.04. The van der Waals surface area contributed by atoms with Crippen molar-refractivity contribution >= 4 is 5.69 Å². The van der Waals surface area contributed by atoms with Gasteiger partial charge in [0, 0.05) is 6.42 Å². The van der Waals surface area contributed by atoms with Gasteiger partial charge < -0.3 is 10.1 Å². The summed E-state index contributed by atoms with van der Waals surface area (Å²) in [7, 11) is 0. The van der Waals surface area contributed by atoms with Gasteiger partial charge in [-0.05, 0) is 18.2 Å². The standard InChI is InChI=1S/C13H11NO/c1-2-6-10-12(8-3-1)15-13-9-5-4-7-11(13)14-10/h1-7,9,14H,8H2. The highest BCUT2D eigenvalue weighted by molar-refractivity contribution is 5.64. The summed E-state index contributed by atoms with van der Waals surface area (Å²) in [5.41, 5.74) is 2.08. The van der Waals surface area contributed by atoms with Crippen LogP contribution in [0, 0.1) is 0 Å². The van der Waals surface area contributed by atoms with Crippen LogP contribution in [0.15, 0.2) is 60.0 Å². The predicted molar refractivity (Wildman–Crippen MR) is 60.6 cm³/mol. The third kappa shape index (κ3) is 1.44. The van der Waals surface area contributed by atoms with Gasteiger partial charge in [0.1, 0.15) is 11.5 Å². The summed E-state index contributed by atoms with van der Waals surface area (Å²) in [6.07, 6.45) is 9.02. The van der Waals surface area contributed by atoms with Crippen molar-refractivity contribution in [1.82, 2.24) is 0 Å². The first-order valence-electron chi connectivity index (χ1n) is 5.04. The second-order valence-electron chi connectivity index (χ2n) is 3.55. The van der Waals surface area contributed by atoms with Crippen LogP contribution < -0.4 is 10.1 Å². The van der Waals surface area contributed by atoms with Crippen molar-refractivity contribution in [3.05, 3.63) is 60.0 Å². The first kappa shape index (κ1) is 8.36. The van der Waals surface area contributed by atoms with Gasteiger partial charge in [0.15, 0.2) is 0 Å². The molecule has 1 aliphatic carbocycles. The molecule has 0 amide bonds. The Hall–Kier alpha value is -1.96. The Bertz CT molecular complexity index is 483. The Balaban J connectivity index is 2.03. The maximum Gasteiger partial charge on any atom is 0.150 e. The quantitative estimate of drug-likeness (QED) is 0.689. The minimum absolute atomic E-state index is 0.837. The normalized spacial score (nSPS) is 17.3. The number of hydrogen-bond acceptors (Lipinski definition) is 2. The molecule has 1 aromatic rings. The van der Waals surface area contributed by atoms with Gasteiger partial charge in [0.25, 0.3) is 0 Å². The van der Waals surface area contributed by atoms with Crippen molar-refractivity contribution in [3.63, 3.8) is 0 Å². The maximum absolute atomic E-state index is 5.83. The molecule has 1 aliphatic heterocycles. The van der Waals surface area contributed by atoms with Gasteiger partial charge in [-0.1, -0.05) is 30.4 Å². The number of benzene rings is 1. The summed E-state index contributed by atoms with van der Waals surface area (Å²) in [6, 6.07) is 7.98. The van der Waals surface area contributed by atoms with Crippen molar-refractivity contribution in [2.45, 2.75) is 6.42 Å². The highest BCUT2D eigenvalue weighted by Crippen LogP contribution is 2.34. The van der Waals surface area contributed by atoms with E-state index >= 15 is 0 Å². The van der Waals surface area contributed by atoms with E-state index in [1.165, 1.54) is 0 Å². The van der Waals surface area contributed by atoms with Gasteiger partial charge in [0.2, 0.25) is 0 Å². The summed E-state index contributed by atoms with van der Waals surface area (Å²) in [5, 5.41) is 3.37. The van der Waals surface area contributed by atoms with Crippen LogP contribution in [0.4, 0.5) is 5.69 Å². The van der Waals surface area contributed by atoms with Crippen LogP contribution in [0.3, 0.4) is 0 Å². The molecule has 0 unspecified atom stereocenters. The molecule has 1 heterocycles. The van der Waals surface area contributed by atoms with Gasteiger partial charge in [-0.15, -0.1) is 0 Å². The molecule has 2 aliphatic rings. The number of anilines is 1. The van der Waals surface area contributed by atoms with E-state index in [-0.39, 0.29) is 0 Å². The molecule has 0 bridgehead atoms. The molecule has 0 fully saturated rings. The highest BCUT2D eigenvalue weighted by atomic mass is 16.5. The molecule has 1 aromatic carbocycles. The monoisotopic (exact) mass is 197 g/mol. The van der Waals surface area contributed by atoms with E-state index in [1.54, 1.807) is 0 Å². The lowest BCUT2D eigenvalue weighted by atomic mass is 10.2. The van der Waals surface area contributed by atoms with Crippen LogP contribution in [-0.4, -0.2) is 0 Å². The molecule has 0 saturated carbocycles. The van der Waals surface area contributed by atoms with Gasteiger partial charge in [-0.25, -0.2) is 0 Å². The lowest BCUT2D eigenvalue weighted by Crippen LogP contribution is -2.12. The zero-order chi connectivity index (χ0) is 10.1. The van der Waals surface area contributed by atoms with Crippen LogP contribution in [-0.2, 0) is 0 Å². The largest absolute Gasteiger partial charge is 0.457 e. The molecular formula is C13H11NO. The molecule has 2 nitrogen and oxygen atoms in total. The summed E-state index contributed by atoms with van der Waals surface area (Å²) >= 11 is 0. The minimum Gasteiger partial charge on any atom is -0.457 e. The van der Waals surface area contributed by atoms with E-state index < -0.39 is 0 Å². The molecule has 2 heteroatoms. The van der Waals surface area contributed by atoms with Crippen LogP contribution in [0.1, 0.15) is 6.42 Å². The second kappa shape index (κ2) is 3.31. The summed E-state index contributed by atoms with van der Waals surface area (Å²) in [6.45, 7) is 0. The van der Waals surface area contributed by atoms with Crippen LogP contribution in [0.2, 0.25) is 0 Å². The lowest BCUT2D eigenvalue weighted by molar-refractivity contribution is 0.407. The van der Waals surface area contributed by atoms with E-state index in [1.807, 2.05) is 42.5 Å². The third-order valence-electron chi connectivity index (χ3n) is 2.50. The highest BCUT2D eigenvalue weighted by Gasteiger charge is 2.16. The SMILES string of the molecule is C1=CCC2=C(C=C1)Nc1ccccc1O2. The Morgan fingerprint density at radius 2 is 2.07 bits per heavy atom. The Morgan fingerprint density at radius 1 is 1.13 bits per heavy atom. The topological polar surface area (TPSA) is 21.3 Å². The van der Waals surface area contributed by atoms with Crippen LogP contribution in [0.25, 0.3) is 0 Å². The van der Waals surface area contributed by atoms with Crippen LogP contribution in [0.5, 0.6) is 5.75 Å². The molecule has 0 saturated heterocycles. The Morgan fingerprint density at radius 3 is 3.07 bits per heavy atom. The van der Waals surface area contributed by atoms with E-state index in [0.717, 1.165) is 29.3 Å². The van der Waals surface area contributed by atoms with Crippen molar-refractivity contribution in [1.29, 1.82) is 0 Å². The molecule has 74 valence electrons.